The molecular formula is C12H19N5. The molecule has 0 spiro atoms. The summed E-state index contributed by atoms with van der Waals surface area (Å²) in [6, 6.07) is 3.85. The lowest BCUT2D eigenvalue weighted by atomic mass is 10.2. The van der Waals surface area contributed by atoms with Gasteiger partial charge in [-0.15, -0.1) is 0 Å². The van der Waals surface area contributed by atoms with E-state index in [1.165, 1.54) is 12.8 Å². The molecule has 0 radical (unpaired) electrons. The van der Waals surface area contributed by atoms with E-state index in [4.69, 9.17) is 5.26 Å². The van der Waals surface area contributed by atoms with Crippen LogP contribution in [0, 0.1) is 18.3 Å². The molecule has 1 aromatic rings. The van der Waals surface area contributed by atoms with Gasteiger partial charge in [0.2, 0.25) is 0 Å². The van der Waals surface area contributed by atoms with Gasteiger partial charge in [0.1, 0.15) is 24.0 Å². The number of nitrogens with zero attached hydrogens (tertiary/aromatic N) is 3. The Labute approximate surface area is 102 Å². The van der Waals surface area contributed by atoms with Gasteiger partial charge in [-0.25, -0.2) is 9.97 Å². The highest BCUT2D eigenvalue weighted by Crippen LogP contribution is 2.11. The summed E-state index contributed by atoms with van der Waals surface area (Å²) >= 11 is 0. The van der Waals surface area contributed by atoms with Crippen molar-refractivity contribution in [2.75, 3.05) is 23.7 Å². The number of nitriles is 1. The minimum atomic E-state index is 0.256. The Kier molecular flexibility index (Phi) is 5.80. The average molecular weight is 233 g/mol. The van der Waals surface area contributed by atoms with E-state index in [1.54, 1.807) is 0 Å². The van der Waals surface area contributed by atoms with Crippen molar-refractivity contribution < 1.29 is 0 Å². The van der Waals surface area contributed by atoms with Crippen LogP contribution in [0.3, 0.4) is 0 Å². The predicted octanol–water partition coefficient (Wildman–Crippen LogP) is 2.32. The molecule has 0 aromatic carbocycles. The third-order valence-corrected chi connectivity index (χ3v) is 2.27. The van der Waals surface area contributed by atoms with E-state index in [2.05, 4.69) is 27.5 Å². The summed E-state index contributed by atoms with van der Waals surface area (Å²) in [5.41, 5.74) is 0. The smallest absolute Gasteiger partial charge is 0.132 e. The molecule has 0 saturated carbocycles. The highest BCUT2D eigenvalue weighted by Gasteiger charge is 2.00. The zero-order valence-corrected chi connectivity index (χ0v) is 10.5. The van der Waals surface area contributed by atoms with Crippen LogP contribution in [0.1, 0.15) is 32.0 Å². The van der Waals surface area contributed by atoms with Crippen LogP contribution in [0.5, 0.6) is 0 Å². The van der Waals surface area contributed by atoms with Gasteiger partial charge >= 0.3 is 0 Å². The van der Waals surface area contributed by atoms with Crippen LogP contribution in [0.4, 0.5) is 11.6 Å². The highest BCUT2D eigenvalue weighted by atomic mass is 15.1. The summed E-state index contributed by atoms with van der Waals surface area (Å²) in [6.07, 6.45) is 3.57. The lowest BCUT2D eigenvalue weighted by molar-refractivity contribution is 0.742. The van der Waals surface area contributed by atoms with Crippen molar-refractivity contribution in [3.63, 3.8) is 0 Å². The molecule has 5 heteroatoms. The van der Waals surface area contributed by atoms with Crippen LogP contribution < -0.4 is 10.6 Å². The minimum absolute atomic E-state index is 0.256. The second-order valence-corrected chi connectivity index (χ2v) is 3.83. The summed E-state index contributed by atoms with van der Waals surface area (Å²) in [7, 11) is 0. The highest BCUT2D eigenvalue weighted by molar-refractivity contribution is 5.47. The molecule has 0 amide bonds. The fraction of sp³-hybridized carbons (Fsp3) is 0.583. The molecule has 0 fully saturated rings. The van der Waals surface area contributed by atoms with E-state index in [1.807, 2.05) is 19.1 Å². The largest absolute Gasteiger partial charge is 0.370 e. The maximum atomic E-state index is 8.50. The lowest BCUT2D eigenvalue weighted by Gasteiger charge is -2.08. The first-order valence-corrected chi connectivity index (χ1v) is 5.96. The minimum Gasteiger partial charge on any atom is -0.370 e. The van der Waals surface area contributed by atoms with Gasteiger partial charge in [0.25, 0.3) is 0 Å². The van der Waals surface area contributed by atoms with Gasteiger partial charge in [-0.2, -0.15) is 5.26 Å². The molecule has 1 heterocycles. The number of aromatic nitrogens is 2. The average Bonchev–Trinajstić information content (AvgIpc) is 2.31. The van der Waals surface area contributed by atoms with Crippen molar-refractivity contribution >= 4 is 11.6 Å². The Balaban J connectivity index is 2.53. The summed E-state index contributed by atoms with van der Waals surface area (Å²) in [4.78, 5) is 8.50. The standard InChI is InChI=1S/C12H19N5/c1-3-4-5-7-14-11-9-12(15-8-6-13)17-10(2)16-11/h9H,3-5,7-8H2,1-2H3,(H2,14,15,16,17). The molecule has 0 atom stereocenters. The fourth-order valence-electron chi connectivity index (χ4n) is 1.47. The first kappa shape index (κ1) is 13.2. The van der Waals surface area contributed by atoms with E-state index < -0.39 is 0 Å². The van der Waals surface area contributed by atoms with Gasteiger partial charge in [-0.1, -0.05) is 19.8 Å². The Hall–Kier alpha value is -1.83. The Morgan fingerprint density at radius 2 is 1.94 bits per heavy atom. The zero-order chi connectivity index (χ0) is 12.5. The molecule has 0 aliphatic carbocycles. The maximum absolute atomic E-state index is 8.50. The van der Waals surface area contributed by atoms with E-state index in [9.17, 15) is 0 Å². The maximum Gasteiger partial charge on any atom is 0.132 e. The number of nitrogens with one attached hydrogen (secondary N) is 2. The molecule has 0 unspecified atom stereocenters. The van der Waals surface area contributed by atoms with Crippen LogP contribution in [0.25, 0.3) is 0 Å². The summed E-state index contributed by atoms with van der Waals surface area (Å²) in [5, 5.41) is 14.7. The van der Waals surface area contributed by atoms with Crippen molar-refractivity contribution in [2.24, 2.45) is 0 Å². The molecule has 0 aliphatic heterocycles. The zero-order valence-electron chi connectivity index (χ0n) is 10.5. The first-order valence-electron chi connectivity index (χ1n) is 5.96. The van der Waals surface area contributed by atoms with Crippen molar-refractivity contribution in [2.45, 2.75) is 33.1 Å². The van der Waals surface area contributed by atoms with E-state index in [0.29, 0.717) is 11.6 Å². The first-order chi connectivity index (χ1) is 8.26. The topological polar surface area (TPSA) is 73.6 Å². The van der Waals surface area contributed by atoms with Gasteiger partial charge in [-0.3, -0.25) is 0 Å². The molecule has 1 aromatic heterocycles. The monoisotopic (exact) mass is 233 g/mol. The molecule has 5 nitrogen and oxygen atoms in total. The molecule has 0 aliphatic rings. The third kappa shape index (κ3) is 5.16. The Morgan fingerprint density at radius 3 is 2.59 bits per heavy atom. The Bertz CT molecular complexity index is 383. The lowest BCUT2D eigenvalue weighted by Crippen LogP contribution is -2.08. The second kappa shape index (κ2) is 7.44. The van der Waals surface area contributed by atoms with Crippen molar-refractivity contribution in [1.29, 1.82) is 5.26 Å². The molecule has 0 bridgehead atoms. The number of anilines is 2. The van der Waals surface area contributed by atoms with Gasteiger partial charge in [0.05, 0.1) is 6.07 Å². The van der Waals surface area contributed by atoms with E-state index in [-0.39, 0.29) is 6.54 Å². The van der Waals surface area contributed by atoms with Crippen molar-refractivity contribution in [3.05, 3.63) is 11.9 Å². The van der Waals surface area contributed by atoms with Crippen molar-refractivity contribution in [1.82, 2.24) is 9.97 Å². The Morgan fingerprint density at radius 1 is 1.24 bits per heavy atom. The van der Waals surface area contributed by atoms with Crippen LogP contribution in [-0.4, -0.2) is 23.1 Å². The number of unbranched alkanes of at least 4 members (excludes halogenated alkanes) is 2. The predicted molar refractivity (Wildman–Crippen MR) is 68.9 cm³/mol. The summed E-state index contributed by atoms with van der Waals surface area (Å²) in [6.45, 7) is 5.20. The molecule has 0 saturated heterocycles. The van der Waals surface area contributed by atoms with Crippen LogP contribution in [0.2, 0.25) is 0 Å². The van der Waals surface area contributed by atoms with Gasteiger partial charge in [0.15, 0.2) is 0 Å². The second-order valence-electron chi connectivity index (χ2n) is 3.83. The number of hydrogen-bond donors (Lipinski definition) is 2. The molecular weight excluding hydrogens is 214 g/mol. The molecule has 17 heavy (non-hydrogen) atoms. The SMILES string of the molecule is CCCCCNc1cc(NCC#N)nc(C)n1. The van der Waals surface area contributed by atoms with E-state index >= 15 is 0 Å². The van der Waals surface area contributed by atoms with Crippen LogP contribution in [0.15, 0.2) is 6.07 Å². The summed E-state index contributed by atoms with van der Waals surface area (Å²) < 4.78 is 0. The van der Waals surface area contributed by atoms with Crippen LogP contribution in [-0.2, 0) is 0 Å². The fourth-order valence-corrected chi connectivity index (χ4v) is 1.47. The van der Waals surface area contributed by atoms with Gasteiger partial charge in [-0.05, 0) is 13.3 Å². The third-order valence-electron chi connectivity index (χ3n) is 2.27. The summed E-state index contributed by atoms with van der Waals surface area (Å²) in [5.74, 6) is 2.21. The van der Waals surface area contributed by atoms with Gasteiger partial charge in [0, 0.05) is 12.6 Å². The number of rotatable bonds is 7. The molecule has 92 valence electrons. The quantitative estimate of drug-likeness (QED) is 0.558. The number of aryl methyl sites for hydroxylation is 1. The number of hydrogen-bond acceptors (Lipinski definition) is 5. The van der Waals surface area contributed by atoms with E-state index in [0.717, 1.165) is 18.8 Å². The van der Waals surface area contributed by atoms with Gasteiger partial charge < -0.3 is 10.6 Å². The molecule has 1 rings (SSSR count). The van der Waals surface area contributed by atoms with Crippen LogP contribution >= 0.6 is 0 Å². The van der Waals surface area contributed by atoms with Crippen molar-refractivity contribution in [3.8, 4) is 6.07 Å². The normalized spacial score (nSPS) is 9.71. The molecule has 2 N–H and O–H groups in total.